The first kappa shape index (κ1) is 44.6. The van der Waals surface area contributed by atoms with E-state index in [1.807, 2.05) is 30.3 Å². The molecular weight excluding hydrogens is 846 g/mol. The molecule has 23 heteroatoms. The average Bonchev–Trinajstić information content (AvgIpc) is 3.18. The van der Waals surface area contributed by atoms with Gasteiger partial charge < -0.3 is 0 Å². The van der Waals surface area contributed by atoms with E-state index in [-0.39, 0.29) is 5.78 Å². The van der Waals surface area contributed by atoms with Crippen molar-refractivity contribution in [2.45, 2.75) is 0 Å². The molecule has 0 aliphatic carbocycles. The molecule has 0 unspecified atom stereocenters. The molecule has 0 bridgehead atoms. The summed E-state index contributed by atoms with van der Waals surface area (Å²) in [6.45, 7) is 4.32. The summed E-state index contributed by atoms with van der Waals surface area (Å²) in [6.07, 6.45) is -6.47. The van der Waals surface area contributed by atoms with Gasteiger partial charge in [-0.1, -0.05) is 30.3 Å². The number of carbonyl (C=O) groups excluding carboxylic acids is 1. The summed E-state index contributed by atoms with van der Waals surface area (Å²) in [5.74, 6) is -71.1. The number of hydrogen-bond acceptors (Lipinski definition) is 1. The molecule has 5 aromatic carbocycles. The second kappa shape index (κ2) is 16.4. The van der Waals surface area contributed by atoms with Crippen LogP contribution in [-0.2, 0) is 0 Å². The Hall–Kier alpha value is -5.14. The van der Waals surface area contributed by atoms with Gasteiger partial charge in [0.1, 0.15) is 58.8 Å². The summed E-state index contributed by atoms with van der Waals surface area (Å²) >= 11 is 0. The Labute approximate surface area is 306 Å². The molecule has 0 amide bonds. The van der Waals surface area contributed by atoms with Gasteiger partial charge in [0, 0.05) is 26.8 Å². The van der Waals surface area contributed by atoms with Gasteiger partial charge in [-0.3, -0.25) is 4.79 Å². The normalized spacial score (nSPS) is 11.6. The summed E-state index contributed by atoms with van der Waals surface area (Å²) in [4.78, 5) is 11.5. The van der Waals surface area contributed by atoms with Crippen LogP contribution in [0.15, 0.2) is 30.3 Å². The van der Waals surface area contributed by atoms with Gasteiger partial charge in [-0.25, -0.2) is 87.8 Å². The predicted octanol–water partition coefficient (Wildman–Crippen LogP) is 8.19. The van der Waals surface area contributed by atoms with Crippen molar-refractivity contribution in [3.8, 4) is 0 Å². The number of Topliss-reactive ketones (excluding diaryl/α,β-unsaturated/α-hetero) is 1. The van der Waals surface area contributed by atoms with Gasteiger partial charge in [0.15, 0.2) is 75.6 Å². The van der Waals surface area contributed by atoms with Gasteiger partial charge in [-0.05, 0) is 0 Å². The van der Waals surface area contributed by atoms with Crippen molar-refractivity contribution in [1.82, 2.24) is 0 Å². The standard InChI is InChI=1S/C24BF20.C10H13OP/c26-5-1(6(27)14(35)21(42)13(5)34)25(2-7(28)15(36)22(43)16(37)8(2)29,3-9(30)17(38)23(44)18(39)10(3)31)4-11(32)19(40)24(45)20(41)12(4)33;1-12(2)8-10(11)9-6-4-3-5-7-9/h;3-7H,8H2,1-2H3/q-1;/p+1. The van der Waals surface area contributed by atoms with Crippen molar-refractivity contribution in [2.75, 3.05) is 19.5 Å². The molecule has 0 saturated carbocycles. The molecule has 0 aliphatic rings. The van der Waals surface area contributed by atoms with Crippen LogP contribution in [0.3, 0.4) is 0 Å². The maximum absolute atomic E-state index is 15.4. The van der Waals surface area contributed by atoms with Gasteiger partial charge in [0.05, 0.1) is 0 Å². The van der Waals surface area contributed by atoms with Gasteiger partial charge in [-0.2, -0.15) is 0 Å². The Morgan fingerprint density at radius 2 is 0.561 bits per heavy atom. The first-order chi connectivity index (χ1) is 26.4. The zero-order valence-corrected chi connectivity index (χ0v) is 28.6. The number of halogens is 20. The Morgan fingerprint density at radius 1 is 0.368 bits per heavy atom. The molecular formula is C34H14BF20OP. The van der Waals surface area contributed by atoms with Crippen LogP contribution >= 0.6 is 7.92 Å². The molecule has 0 radical (unpaired) electrons. The highest BCUT2D eigenvalue weighted by atomic mass is 31.1. The van der Waals surface area contributed by atoms with E-state index in [2.05, 4.69) is 13.3 Å². The second-order valence-corrected chi connectivity index (χ2v) is 14.7. The van der Waals surface area contributed by atoms with E-state index in [1.165, 1.54) is 0 Å². The molecule has 0 spiro atoms. The molecule has 0 atom stereocenters. The number of hydrogen-bond donors (Lipinski definition) is 0. The third-order valence-electron chi connectivity index (χ3n) is 8.32. The second-order valence-electron chi connectivity index (χ2n) is 12.0. The number of benzene rings is 5. The van der Waals surface area contributed by atoms with Crippen LogP contribution in [0, 0.1) is 116 Å². The first-order valence-corrected chi connectivity index (χ1v) is 17.7. The lowest BCUT2D eigenvalue weighted by atomic mass is 9.12. The van der Waals surface area contributed by atoms with Gasteiger partial charge in [-0.15, -0.1) is 21.9 Å². The predicted molar refractivity (Wildman–Crippen MR) is 165 cm³/mol. The van der Waals surface area contributed by atoms with E-state index in [1.54, 1.807) is 0 Å². The van der Waals surface area contributed by atoms with Crippen molar-refractivity contribution in [3.05, 3.63) is 152 Å². The Bertz CT molecular complexity index is 2060. The van der Waals surface area contributed by atoms with Crippen LogP contribution in [0.5, 0.6) is 0 Å². The number of rotatable bonds is 7. The molecule has 57 heavy (non-hydrogen) atoms. The quantitative estimate of drug-likeness (QED) is 0.0404. The monoisotopic (exact) mass is 860 g/mol. The fourth-order valence-electron chi connectivity index (χ4n) is 5.92. The first-order valence-electron chi connectivity index (χ1n) is 15.0. The van der Waals surface area contributed by atoms with Gasteiger partial charge >= 0.3 is 0 Å². The van der Waals surface area contributed by atoms with Crippen LogP contribution in [0.2, 0.25) is 0 Å². The SMILES string of the molecule is C[PH+](C)CC(=O)c1ccccc1.Fc1c(F)c(F)c([B-](c2c(F)c(F)c(F)c(F)c2F)(c2c(F)c(F)c(F)c(F)c2F)c2c(F)c(F)c(F)c(F)c2F)c(F)c1F. The average molecular weight is 860 g/mol. The Balaban J connectivity index is 0.000000512. The zero-order chi connectivity index (χ0) is 43.3. The highest BCUT2D eigenvalue weighted by Crippen LogP contribution is 2.31. The minimum Gasteiger partial charge on any atom is -0.290 e. The molecule has 0 N–H and O–H groups in total. The summed E-state index contributed by atoms with van der Waals surface area (Å²) in [5, 5.41) is 0. The van der Waals surface area contributed by atoms with Crippen LogP contribution in [0.25, 0.3) is 0 Å². The number of ketones is 1. The van der Waals surface area contributed by atoms with Crippen molar-refractivity contribution >= 4 is 41.7 Å². The van der Waals surface area contributed by atoms with Crippen LogP contribution in [0.1, 0.15) is 10.4 Å². The van der Waals surface area contributed by atoms with Crippen LogP contribution in [0.4, 0.5) is 87.8 Å². The number of carbonyl (C=O) groups is 1. The van der Waals surface area contributed by atoms with Crippen molar-refractivity contribution < 1.29 is 92.6 Å². The maximum Gasteiger partial charge on any atom is 0.200 e. The van der Waals surface area contributed by atoms with Gasteiger partial charge in [0.25, 0.3) is 0 Å². The smallest absolute Gasteiger partial charge is 0.200 e. The topological polar surface area (TPSA) is 17.1 Å². The van der Waals surface area contributed by atoms with Gasteiger partial charge in [0.2, 0.25) is 0 Å². The van der Waals surface area contributed by atoms with E-state index in [9.17, 15) is 57.5 Å². The third-order valence-corrected chi connectivity index (χ3v) is 9.35. The molecule has 5 aromatic rings. The fraction of sp³-hybridized carbons (Fsp3) is 0.0882. The summed E-state index contributed by atoms with van der Waals surface area (Å²) in [6, 6.07) is 9.51. The fourth-order valence-corrected chi connectivity index (χ4v) is 6.77. The lowest BCUT2D eigenvalue weighted by molar-refractivity contribution is 0.102. The molecule has 304 valence electrons. The Kier molecular flexibility index (Phi) is 12.8. The summed E-state index contributed by atoms with van der Waals surface area (Å²) in [5.41, 5.74) is -13.5. The lowest BCUT2D eigenvalue weighted by Crippen LogP contribution is -2.81. The van der Waals surface area contributed by atoms with Crippen molar-refractivity contribution in [1.29, 1.82) is 0 Å². The van der Waals surface area contributed by atoms with Crippen molar-refractivity contribution in [2.24, 2.45) is 0 Å². The van der Waals surface area contributed by atoms with Crippen molar-refractivity contribution in [3.63, 3.8) is 0 Å². The molecule has 0 aliphatic heterocycles. The minimum absolute atomic E-state index is 0.287. The highest BCUT2D eigenvalue weighted by Gasteiger charge is 2.52. The lowest BCUT2D eigenvalue weighted by Gasteiger charge is -2.44. The summed E-state index contributed by atoms with van der Waals surface area (Å²) in [7, 11) is -0.430. The third kappa shape index (κ3) is 7.09. The molecule has 5 rings (SSSR count). The molecule has 0 heterocycles. The van der Waals surface area contributed by atoms with Crippen LogP contribution in [-0.4, -0.2) is 31.4 Å². The van der Waals surface area contributed by atoms with E-state index in [0.717, 1.165) is 11.7 Å². The molecule has 0 saturated heterocycles. The van der Waals surface area contributed by atoms with E-state index >= 15 is 35.1 Å². The molecule has 1 nitrogen and oxygen atoms in total. The minimum atomic E-state index is -7.22. The van der Waals surface area contributed by atoms with Crippen LogP contribution < -0.4 is 21.9 Å². The Morgan fingerprint density at radius 3 is 0.754 bits per heavy atom. The maximum atomic E-state index is 15.4. The highest BCUT2D eigenvalue weighted by molar-refractivity contribution is 7.57. The van der Waals surface area contributed by atoms with E-state index < -0.39 is 152 Å². The largest absolute Gasteiger partial charge is 0.290 e. The van der Waals surface area contributed by atoms with E-state index in [4.69, 9.17) is 0 Å². The van der Waals surface area contributed by atoms with E-state index in [0.29, 0.717) is 0 Å². The zero-order valence-electron chi connectivity index (χ0n) is 27.6. The molecule has 0 fully saturated rings. The summed E-state index contributed by atoms with van der Waals surface area (Å²) < 4.78 is 294. The molecule has 0 aromatic heterocycles.